The predicted octanol–water partition coefficient (Wildman–Crippen LogP) is -0.505. The second-order valence-electron chi connectivity index (χ2n) is 3.86. The lowest BCUT2D eigenvalue weighted by molar-refractivity contribution is 0.118. The second-order valence-corrected chi connectivity index (χ2v) is 3.86. The van der Waals surface area contributed by atoms with Crippen LogP contribution in [-0.2, 0) is 4.74 Å². The fourth-order valence-corrected chi connectivity index (χ4v) is 1.65. The Kier molecular flexibility index (Phi) is 4.12. The molecule has 0 radical (unpaired) electrons. The zero-order valence-electron chi connectivity index (χ0n) is 8.23. The average Bonchev–Trinajstić information content (AvgIpc) is 2.34. The van der Waals surface area contributed by atoms with E-state index >= 15 is 0 Å². The maximum Gasteiger partial charge on any atom is 0.0948 e. The molecule has 1 aliphatic rings. The summed E-state index contributed by atoms with van der Waals surface area (Å²) in [5.74, 6) is 0. The highest BCUT2D eigenvalue weighted by Gasteiger charge is 2.27. The van der Waals surface area contributed by atoms with Crippen molar-refractivity contribution in [3.05, 3.63) is 0 Å². The van der Waals surface area contributed by atoms with E-state index in [4.69, 9.17) is 9.84 Å². The quantitative estimate of drug-likeness (QED) is 0.557. The largest absolute Gasteiger partial charge is 0.393 e. The molecule has 4 unspecified atom stereocenters. The third kappa shape index (κ3) is 3.60. The van der Waals surface area contributed by atoms with Gasteiger partial charge in [-0.1, -0.05) is 0 Å². The van der Waals surface area contributed by atoms with Crippen molar-refractivity contribution >= 4 is 0 Å². The van der Waals surface area contributed by atoms with E-state index in [1.54, 1.807) is 6.92 Å². The van der Waals surface area contributed by atoms with E-state index in [0.29, 0.717) is 19.6 Å². The first-order valence-corrected chi connectivity index (χ1v) is 4.79. The minimum atomic E-state index is -0.406. The fraction of sp³-hybridized carbons (Fsp3) is 1.00. The molecule has 1 saturated heterocycles. The molecule has 0 aromatic rings. The highest BCUT2D eigenvalue weighted by molar-refractivity contribution is 4.83. The van der Waals surface area contributed by atoms with E-state index in [0.717, 1.165) is 0 Å². The lowest BCUT2D eigenvalue weighted by Crippen LogP contribution is -2.44. The minimum absolute atomic E-state index is 0.0220. The van der Waals surface area contributed by atoms with Gasteiger partial charge in [0, 0.05) is 6.04 Å². The molecular weight excluding hydrogens is 170 g/mol. The van der Waals surface area contributed by atoms with Gasteiger partial charge in [0.25, 0.3) is 0 Å². The van der Waals surface area contributed by atoms with Gasteiger partial charge >= 0.3 is 0 Å². The highest BCUT2D eigenvalue weighted by atomic mass is 16.5. The molecule has 13 heavy (non-hydrogen) atoms. The fourth-order valence-electron chi connectivity index (χ4n) is 1.65. The molecule has 0 saturated carbocycles. The Morgan fingerprint density at radius 1 is 1.46 bits per heavy atom. The van der Waals surface area contributed by atoms with Crippen molar-refractivity contribution in [1.82, 2.24) is 5.32 Å². The van der Waals surface area contributed by atoms with Crippen LogP contribution >= 0.6 is 0 Å². The molecular formula is C9H19NO3. The number of aliphatic hydroxyl groups is 2. The van der Waals surface area contributed by atoms with Crippen LogP contribution in [0.25, 0.3) is 0 Å². The van der Waals surface area contributed by atoms with Gasteiger partial charge in [-0.3, -0.25) is 0 Å². The number of ether oxygens (including phenoxy) is 1. The summed E-state index contributed by atoms with van der Waals surface area (Å²) in [6, 6.07) is 0.232. The van der Waals surface area contributed by atoms with E-state index in [9.17, 15) is 5.11 Å². The Morgan fingerprint density at radius 3 is 2.62 bits per heavy atom. The number of rotatable bonds is 4. The molecule has 3 N–H and O–H groups in total. The summed E-state index contributed by atoms with van der Waals surface area (Å²) >= 11 is 0. The molecule has 0 aromatic heterocycles. The molecule has 1 rings (SSSR count). The first-order valence-electron chi connectivity index (χ1n) is 4.79. The Bertz CT molecular complexity index is 152. The van der Waals surface area contributed by atoms with E-state index in [1.807, 2.05) is 6.92 Å². The molecule has 4 nitrogen and oxygen atoms in total. The molecule has 78 valence electrons. The van der Waals surface area contributed by atoms with Crippen molar-refractivity contribution in [1.29, 1.82) is 0 Å². The molecule has 1 aliphatic heterocycles. The van der Waals surface area contributed by atoms with Gasteiger partial charge in [-0.05, 0) is 20.3 Å². The predicted molar refractivity (Wildman–Crippen MR) is 49.5 cm³/mol. The van der Waals surface area contributed by atoms with Gasteiger partial charge in [0.1, 0.15) is 0 Å². The maximum absolute atomic E-state index is 9.42. The van der Waals surface area contributed by atoms with Crippen LogP contribution in [0, 0.1) is 0 Å². The van der Waals surface area contributed by atoms with Crippen LogP contribution in [-0.4, -0.2) is 47.7 Å². The van der Waals surface area contributed by atoms with Gasteiger partial charge < -0.3 is 20.3 Å². The molecule has 0 aliphatic carbocycles. The number of nitrogens with one attached hydrogen (secondary N) is 1. The van der Waals surface area contributed by atoms with E-state index in [2.05, 4.69) is 5.32 Å². The molecule has 4 atom stereocenters. The summed E-state index contributed by atoms with van der Waals surface area (Å²) in [5.41, 5.74) is 0. The molecule has 4 heteroatoms. The summed E-state index contributed by atoms with van der Waals surface area (Å²) in [5, 5.41) is 21.8. The summed E-state index contributed by atoms with van der Waals surface area (Å²) in [4.78, 5) is 0. The SMILES string of the molecule is CC(O)CC(C)NC1COCC1O. The third-order valence-electron chi connectivity index (χ3n) is 2.24. The first-order chi connectivity index (χ1) is 6.09. The smallest absolute Gasteiger partial charge is 0.0948 e. The van der Waals surface area contributed by atoms with E-state index < -0.39 is 6.10 Å². The number of hydrogen-bond acceptors (Lipinski definition) is 4. The number of hydrogen-bond donors (Lipinski definition) is 3. The Balaban J connectivity index is 2.22. The first kappa shape index (κ1) is 10.9. The molecule has 1 heterocycles. The lowest BCUT2D eigenvalue weighted by Gasteiger charge is -2.21. The summed E-state index contributed by atoms with van der Waals surface area (Å²) in [6.45, 7) is 4.74. The Hall–Kier alpha value is -0.160. The Labute approximate surface area is 78.9 Å². The average molecular weight is 189 g/mol. The topological polar surface area (TPSA) is 61.7 Å². The van der Waals surface area contributed by atoms with Gasteiger partial charge in [-0.25, -0.2) is 0 Å². The molecule has 0 bridgehead atoms. The van der Waals surface area contributed by atoms with Crippen molar-refractivity contribution in [3.8, 4) is 0 Å². The third-order valence-corrected chi connectivity index (χ3v) is 2.24. The van der Waals surface area contributed by atoms with Gasteiger partial charge in [-0.15, -0.1) is 0 Å². The zero-order chi connectivity index (χ0) is 9.84. The standard InChI is InChI=1S/C9H19NO3/c1-6(3-7(2)11)10-8-4-13-5-9(8)12/h6-12H,3-5H2,1-2H3. The van der Waals surface area contributed by atoms with Gasteiger partial charge in [0.2, 0.25) is 0 Å². The minimum Gasteiger partial charge on any atom is -0.393 e. The van der Waals surface area contributed by atoms with Crippen molar-refractivity contribution in [2.24, 2.45) is 0 Å². The lowest BCUT2D eigenvalue weighted by atomic mass is 10.1. The van der Waals surface area contributed by atoms with Crippen LogP contribution in [0.3, 0.4) is 0 Å². The van der Waals surface area contributed by atoms with Crippen LogP contribution in [0.4, 0.5) is 0 Å². The highest BCUT2D eigenvalue weighted by Crippen LogP contribution is 2.07. The van der Waals surface area contributed by atoms with Crippen LogP contribution in [0.2, 0.25) is 0 Å². The van der Waals surface area contributed by atoms with E-state index in [-0.39, 0.29) is 18.2 Å². The van der Waals surface area contributed by atoms with Crippen molar-refractivity contribution in [2.45, 2.75) is 44.6 Å². The number of aliphatic hydroxyl groups excluding tert-OH is 2. The zero-order valence-corrected chi connectivity index (χ0v) is 8.23. The molecule has 0 amide bonds. The Morgan fingerprint density at radius 2 is 2.15 bits per heavy atom. The summed E-state index contributed by atoms with van der Waals surface area (Å²) in [6.07, 6.45) is -0.0122. The van der Waals surface area contributed by atoms with Gasteiger partial charge in [-0.2, -0.15) is 0 Å². The summed E-state index contributed by atoms with van der Waals surface area (Å²) in [7, 11) is 0. The van der Waals surface area contributed by atoms with Crippen LogP contribution in [0.1, 0.15) is 20.3 Å². The van der Waals surface area contributed by atoms with Crippen LogP contribution in [0.15, 0.2) is 0 Å². The van der Waals surface area contributed by atoms with Crippen LogP contribution in [0.5, 0.6) is 0 Å². The normalized spacial score (nSPS) is 33.2. The van der Waals surface area contributed by atoms with Crippen molar-refractivity contribution in [3.63, 3.8) is 0 Å². The summed E-state index contributed by atoms with van der Waals surface area (Å²) < 4.78 is 5.10. The molecule has 0 aromatic carbocycles. The second kappa shape index (κ2) is 4.91. The molecule has 1 fully saturated rings. The van der Waals surface area contributed by atoms with Gasteiger partial charge in [0.05, 0.1) is 31.5 Å². The van der Waals surface area contributed by atoms with Crippen LogP contribution < -0.4 is 5.32 Å². The van der Waals surface area contributed by atoms with Crippen molar-refractivity contribution < 1.29 is 14.9 Å². The monoisotopic (exact) mass is 189 g/mol. The van der Waals surface area contributed by atoms with E-state index in [1.165, 1.54) is 0 Å². The van der Waals surface area contributed by atoms with Gasteiger partial charge in [0.15, 0.2) is 0 Å². The molecule has 0 spiro atoms. The maximum atomic E-state index is 9.42. The van der Waals surface area contributed by atoms with Crippen molar-refractivity contribution in [2.75, 3.05) is 13.2 Å².